The first kappa shape index (κ1) is 13.6. The fraction of sp³-hybridized carbons (Fsp3) is 0.312. The number of fused-ring (bicyclic) bond motifs is 1. The van der Waals surface area contributed by atoms with Gasteiger partial charge in [0.15, 0.2) is 6.29 Å². The van der Waals surface area contributed by atoms with Crippen molar-refractivity contribution in [3.05, 3.63) is 41.5 Å². The van der Waals surface area contributed by atoms with Gasteiger partial charge in [0.05, 0.1) is 0 Å². The van der Waals surface area contributed by atoms with Gasteiger partial charge in [0.1, 0.15) is 5.75 Å². The molecule has 0 aliphatic heterocycles. The number of aldehydes is 1. The predicted molar refractivity (Wildman–Crippen MR) is 77.6 cm³/mol. The molecule has 1 N–H and O–H groups in total. The third-order valence-electron chi connectivity index (χ3n) is 3.55. The Kier molecular flexibility index (Phi) is 4.17. The molecule has 0 unspecified atom stereocenters. The second-order valence-electron chi connectivity index (χ2n) is 4.60. The molecule has 2 aromatic carbocycles. The second-order valence-corrected chi connectivity index (χ2v) is 4.60. The number of phenolic OH excluding ortho intramolecular Hbond substituents is 1. The van der Waals surface area contributed by atoms with Crippen LogP contribution < -0.4 is 0 Å². The summed E-state index contributed by atoms with van der Waals surface area (Å²) in [5.74, 6) is 0.229. The van der Waals surface area contributed by atoms with Crippen LogP contribution in [-0.4, -0.2) is 29.4 Å². The quantitative estimate of drug-likeness (QED) is 0.836. The zero-order chi connectivity index (χ0) is 13.8. The van der Waals surface area contributed by atoms with Gasteiger partial charge >= 0.3 is 0 Å². The Morgan fingerprint density at radius 2 is 1.89 bits per heavy atom. The first-order valence-electron chi connectivity index (χ1n) is 6.62. The zero-order valence-corrected chi connectivity index (χ0v) is 11.4. The summed E-state index contributed by atoms with van der Waals surface area (Å²) in [5.41, 5.74) is 1.40. The number of rotatable bonds is 5. The molecule has 0 amide bonds. The van der Waals surface area contributed by atoms with Gasteiger partial charge in [-0.3, -0.25) is 9.69 Å². The smallest absolute Gasteiger partial charge is 0.150 e. The number of hydrogen-bond donors (Lipinski definition) is 1. The first-order chi connectivity index (χ1) is 9.21. The largest absolute Gasteiger partial charge is 0.507 e. The van der Waals surface area contributed by atoms with Gasteiger partial charge in [0, 0.05) is 23.1 Å². The highest BCUT2D eigenvalue weighted by Gasteiger charge is 2.11. The average Bonchev–Trinajstić information content (AvgIpc) is 2.46. The van der Waals surface area contributed by atoms with E-state index in [0.717, 1.165) is 30.3 Å². The normalized spacial score (nSPS) is 11.1. The Bertz CT molecular complexity index is 589. The molecule has 0 aliphatic carbocycles. The third kappa shape index (κ3) is 2.61. The van der Waals surface area contributed by atoms with Gasteiger partial charge in [-0.25, -0.2) is 0 Å². The summed E-state index contributed by atoms with van der Waals surface area (Å²) in [6.45, 7) is 6.76. The number of carbonyl (C=O) groups is 1. The Morgan fingerprint density at radius 1 is 1.16 bits per heavy atom. The van der Waals surface area contributed by atoms with Crippen molar-refractivity contribution in [1.29, 1.82) is 0 Å². The number of carbonyl (C=O) groups excluding carboxylic acids is 1. The zero-order valence-electron chi connectivity index (χ0n) is 11.4. The van der Waals surface area contributed by atoms with Crippen molar-refractivity contribution in [2.75, 3.05) is 13.1 Å². The SMILES string of the molecule is CCN(CC)Cc1ccc2cccc(C=O)c2c1O. The van der Waals surface area contributed by atoms with Crippen molar-refractivity contribution in [1.82, 2.24) is 4.90 Å². The van der Waals surface area contributed by atoms with Gasteiger partial charge in [0.25, 0.3) is 0 Å². The predicted octanol–water partition coefficient (Wildman–Crippen LogP) is 3.20. The Hall–Kier alpha value is -1.87. The molecule has 0 radical (unpaired) electrons. The fourth-order valence-electron chi connectivity index (χ4n) is 2.34. The van der Waals surface area contributed by atoms with E-state index in [1.807, 2.05) is 24.3 Å². The maximum Gasteiger partial charge on any atom is 0.150 e. The number of aromatic hydroxyl groups is 1. The van der Waals surface area contributed by atoms with Gasteiger partial charge in [-0.2, -0.15) is 0 Å². The minimum atomic E-state index is 0.229. The van der Waals surface area contributed by atoms with Crippen molar-refractivity contribution in [2.45, 2.75) is 20.4 Å². The lowest BCUT2D eigenvalue weighted by atomic mass is 10.0. The van der Waals surface area contributed by atoms with Crippen LogP contribution in [-0.2, 0) is 6.54 Å². The molecular formula is C16H19NO2. The van der Waals surface area contributed by atoms with Crippen LogP contribution in [0.15, 0.2) is 30.3 Å². The summed E-state index contributed by atoms with van der Waals surface area (Å²) >= 11 is 0. The Labute approximate surface area is 113 Å². The molecule has 0 atom stereocenters. The van der Waals surface area contributed by atoms with Crippen LogP contribution in [0.3, 0.4) is 0 Å². The van der Waals surface area contributed by atoms with E-state index in [9.17, 15) is 9.90 Å². The highest BCUT2D eigenvalue weighted by atomic mass is 16.3. The third-order valence-corrected chi connectivity index (χ3v) is 3.55. The topological polar surface area (TPSA) is 40.5 Å². The molecule has 0 heterocycles. The van der Waals surface area contributed by atoms with Crippen LogP contribution in [0.4, 0.5) is 0 Å². The highest BCUT2D eigenvalue weighted by Crippen LogP contribution is 2.31. The van der Waals surface area contributed by atoms with Crippen LogP contribution in [0.1, 0.15) is 29.8 Å². The van der Waals surface area contributed by atoms with Gasteiger partial charge in [-0.05, 0) is 18.5 Å². The molecule has 19 heavy (non-hydrogen) atoms. The molecule has 3 nitrogen and oxygen atoms in total. The van der Waals surface area contributed by atoms with Crippen molar-refractivity contribution in [2.24, 2.45) is 0 Å². The van der Waals surface area contributed by atoms with Gasteiger partial charge in [-0.1, -0.05) is 44.2 Å². The molecular weight excluding hydrogens is 238 g/mol. The molecule has 2 rings (SSSR count). The van der Waals surface area contributed by atoms with E-state index < -0.39 is 0 Å². The van der Waals surface area contributed by atoms with Crippen LogP contribution >= 0.6 is 0 Å². The van der Waals surface area contributed by atoms with E-state index in [2.05, 4.69) is 18.7 Å². The molecule has 0 saturated heterocycles. The van der Waals surface area contributed by atoms with E-state index in [1.165, 1.54) is 0 Å². The molecule has 0 aliphatic rings. The maximum absolute atomic E-state index is 11.1. The number of nitrogens with zero attached hydrogens (tertiary/aromatic N) is 1. The van der Waals surface area contributed by atoms with E-state index in [0.29, 0.717) is 17.5 Å². The van der Waals surface area contributed by atoms with Gasteiger partial charge < -0.3 is 5.11 Å². The maximum atomic E-state index is 11.1. The lowest BCUT2D eigenvalue weighted by Gasteiger charge is -2.19. The van der Waals surface area contributed by atoms with Crippen LogP contribution in [0, 0.1) is 0 Å². The van der Waals surface area contributed by atoms with Crippen LogP contribution in [0.25, 0.3) is 10.8 Å². The number of benzene rings is 2. The monoisotopic (exact) mass is 257 g/mol. The molecule has 2 aromatic rings. The van der Waals surface area contributed by atoms with Gasteiger partial charge in [0.2, 0.25) is 0 Å². The minimum absolute atomic E-state index is 0.229. The van der Waals surface area contributed by atoms with Gasteiger partial charge in [-0.15, -0.1) is 0 Å². The number of phenols is 1. The van der Waals surface area contributed by atoms with Crippen molar-refractivity contribution >= 4 is 17.1 Å². The molecule has 0 aromatic heterocycles. The standard InChI is InChI=1S/C16H19NO2/c1-3-17(4-2)10-13-9-8-12-6-5-7-14(11-18)15(12)16(13)19/h5-9,11,19H,3-4,10H2,1-2H3. The second kappa shape index (κ2) is 5.85. The highest BCUT2D eigenvalue weighted by molar-refractivity contribution is 6.02. The summed E-state index contributed by atoms with van der Waals surface area (Å²) in [4.78, 5) is 13.3. The first-order valence-corrected chi connectivity index (χ1v) is 6.62. The Morgan fingerprint density at radius 3 is 2.53 bits per heavy atom. The summed E-state index contributed by atoms with van der Waals surface area (Å²) in [7, 11) is 0. The average molecular weight is 257 g/mol. The Balaban J connectivity index is 2.53. The summed E-state index contributed by atoms with van der Waals surface area (Å²) in [5, 5.41) is 12.0. The van der Waals surface area contributed by atoms with Crippen molar-refractivity contribution < 1.29 is 9.90 Å². The molecule has 100 valence electrons. The molecule has 0 spiro atoms. The molecule has 0 bridgehead atoms. The van der Waals surface area contributed by atoms with E-state index in [1.54, 1.807) is 6.07 Å². The fourth-order valence-corrected chi connectivity index (χ4v) is 2.34. The molecule has 3 heteroatoms. The van der Waals surface area contributed by atoms with Crippen LogP contribution in [0.5, 0.6) is 5.75 Å². The van der Waals surface area contributed by atoms with Crippen LogP contribution in [0.2, 0.25) is 0 Å². The van der Waals surface area contributed by atoms with Crippen molar-refractivity contribution in [3.63, 3.8) is 0 Å². The lowest BCUT2D eigenvalue weighted by Crippen LogP contribution is -2.22. The summed E-state index contributed by atoms with van der Waals surface area (Å²) in [6.07, 6.45) is 0.795. The molecule has 0 fully saturated rings. The van der Waals surface area contributed by atoms with E-state index in [4.69, 9.17) is 0 Å². The van der Waals surface area contributed by atoms with E-state index >= 15 is 0 Å². The summed E-state index contributed by atoms with van der Waals surface area (Å²) in [6, 6.07) is 9.36. The lowest BCUT2D eigenvalue weighted by molar-refractivity contribution is 0.112. The molecule has 0 saturated carbocycles. The minimum Gasteiger partial charge on any atom is -0.507 e. The van der Waals surface area contributed by atoms with E-state index in [-0.39, 0.29) is 5.75 Å². The summed E-state index contributed by atoms with van der Waals surface area (Å²) < 4.78 is 0. The van der Waals surface area contributed by atoms with Crippen molar-refractivity contribution in [3.8, 4) is 5.75 Å². The number of hydrogen-bond acceptors (Lipinski definition) is 3.